The van der Waals surface area contributed by atoms with E-state index in [9.17, 15) is 0 Å². The van der Waals surface area contributed by atoms with E-state index in [4.69, 9.17) is 0 Å². The Hall–Kier alpha value is -1.75. The molecule has 0 aliphatic heterocycles. The summed E-state index contributed by atoms with van der Waals surface area (Å²) in [5, 5.41) is 7.71. The van der Waals surface area contributed by atoms with Gasteiger partial charge in [-0.2, -0.15) is 5.10 Å². The lowest BCUT2D eigenvalue weighted by atomic mass is 10.2. The smallest absolute Gasteiger partial charge is 0.151 e. The summed E-state index contributed by atoms with van der Waals surface area (Å²) in [5.41, 5.74) is 2.17. The van der Waals surface area contributed by atoms with Crippen LogP contribution in [0.2, 0.25) is 0 Å². The summed E-state index contributed by atoms with van der Waals surface area (Å²) in [6.07, 6.45) is 5.51. The lowest BCUT2D eigenvalue weighted by molar-refractivity contribution is 0.524. The third kappa shape index (κ3) is 2.56. The summed E-state index contributed by atoms with van der Waals surface area (Å²) in [7, 11) is 0. The van der Waals surface area contributed by atoms with Crippen molar-refractivity contribution in [3.05, 3.63) is 41.7 Å². The third-order valence-corrected chi connectivity index (χ3v) is 2.81. The molecule has 18 heavy (non-hydrogen) atoms. The van der Waals surface area contributed by atoms with Crippen molar-refractivity contribution in [2.75, 3.05) is 6.54 Å². The third-order valence-electron chi connectivity index (χ3n) is 2.81. The van der Waals surface area contributed by atoms with Gasteiger partial charge >= 0.3 is 0 Å². The highest BCUT2D eigenvalue weighted by atomic mass is 15.3. The summed E-state index contributed by atoms with van der Waals surface area (Å²) in [5.74, 6) is 0.789. The molecule has 2 heterocycles. The van der Waals surface area contributed by atoms with Crippen molar-refractivity contribution in [1.29, 1.82) is 0 Å². The van der Waals surface area contributed by atoms with E-state index in [-0.39, 0.29) is 6.04 Å². The van der Waals surface area contributed by atoms with E-state index in [1.165, 1.54) is 0 Å². The molecule has 2 aromatic rings. The summed E-state index contributed by atoms with van der Waals surface area (Å²) in [6.45, 7) is 7.85. The van der Waals surface area contributed by atoms with Crippen LogP contribution < -0.4 is 5.32 Å². The van der Waals surface area contributed by atoms with Crippen molar-refractivity contribution in [1.82, 2.24) is 25.1 Å². The Labute approximate surface area is 107 Å². The van der Waals surface area contributed by atoms with Crippen LogP contribution in [0.3, 0.4) is 0 Å². The maximum atomic E-state index is 4.41. The van der Waals surface area contributed by atoms with Gasteiger partial charge in [-0.1, -0.05) is 6.92 Å². The molecular weight excluding hydrogens is 226 g/mol. The predicted octanol–water partition coefficient (Wildman–Crippen LogP) is 1.70. The summed E-state index contributed by atoms with van der Waals surface area (Å²) in [4.78, 5) is 8.83. The summed E-state index contributed by atoms with van der Waals surface area (Å²) in [6, 6.07) is 2.01. The molecule has 2 aromatic heterocycles. The molecule has 0 saturated carbocycles. The molecule has 1 atom stereocenters. The first-order valence-electron chi connectivity index (χ1n) is 6.29. The number of hydrogen-bond acceptors (Lipinski definition) is 4. The lowest BCUT2D eigenvalue weighted by Crippen LogP contribution is -2.26. The largest absolute Gasteiger partial charge is 0.303 e. The molecule has 1 N–H and O–H groups in total. The van der Waals surface area contributed by atoms with Crippen LogP contribution in [-0.4, -0.2) is 26.3 Å². The minimum Gasteiger partial charge on any atom is -0.303 e. The van der Waals surface area contributed by atoms with Gasteiger partial charge in [-0.3, -0.25) is 4.68 Å². The maximum absolute atomic E-state index is 4.41. The van der Waals surface area contributed by atoms with Crippen molar-refractivity contribution in [2.24, 2.45) is 0 Å². The fourth-order valence-electron chi connectivity index (χ4n) is 1.94. The van der Waals surface area contributed by atoms with Gasteiger partial charge in [0.25, 0.3) is 0 Å². The fourth-order valence-corrected chi connectivity index (χ4v) is 1.94. The molecule has 0 aromatic carbocycles. The summed E-state index contributed by atoms with van der Waals surface area (Å²) >= 11 is 0. The van der Waals surface area contributed by atoms with Crippen LogP contribution in [0.1, 0.15) is 37.0 Å². The van der Waals surface area contributed by atoms with E-state index in [1.807, 2.05) is 36.3 Å². The SMILES string of the molecule is CCNC(c1ncc(C)cn1)c1ccnn1CC. The van der Waals surface area contributed by atoms with Gasteiger partial charge in [-0.25, -0.2) is 9.97 Å². The van der Waals surface area contributed by atoms with Crippen LogP contribution in [0.25, 0.3) is 0 Å². The average molecular weight is 245 g/mol. The standard InChI is InChI=1S/C13H19N5/c1-4-14-12(11-6-7-17-18(11)5-2)13-15-8-10(3)9-16-13/h6-9,12,14H,4-5H2,1-3H3. The van der Waals surface area contributed by atoms with Crippen LogP contribution in [-0.2, 0) is 6.54 Å². The topological polar surface area (TPSA) is 55.6 Å². The predicted molar refractivity (Wildman–Crippen MR) is 70.2 cm³/mol. The molecule has 0 spiro atoms. The zero-order valence-corrected chi connectivity index (χ0v) is 11.1. The normalized spacial score (nSPS) is 12.6. The number of aromatic nitrogens is 4. The van der Waals surface area contributed by atoms with Crippen LogP contribution in [0.5, 0.6) is 0 Å². The zero-order valence-electron chi connectivity index (χ0n) is 11.1. The molecule has 1 unspecified atom stereocenters. The molecule has 0 bridgehead atoms. The molecule has 0 saturated heterocycles. The van der Waals surface area contributed by atoms with Gasteiger partial charge in [-0.15, -0.1) is 0 Å². The highest BCUT2D eigenvalue weighted by molar-refractivity contribution is 5.17. The molecule has 5 nitrogen and oxygen atoms in total. The van der Waals surface area contributed by atoms with E-state index in [2.05, 4.69) is 34.2 Å². The molecule has 0 fully saturated rings. The van der Waals surface area contributed by atoms with E-state index in [0.29, 0.717) is 0 Å². The van der Waals surface area contributed by atoms with Gasteiger partial charge in [0.1, 0.15) is 6.04 Å². The summed E-state index contributed by atoms with van der Waals surface area (Å²) < 4.78 is 1.97. The van der Waals surface area contributed by atoms with Crippen molar-refractivity contribution in [3.63, 3.8) is 0 Å². The van der Waals surface area contributed by atoms with Crippen LogP contribution in [0.4, 0.5) is 0 Å². The Kier molecular flexibility index (Phi) is 4.04. The number of nitrogens with zero attached hydrogens (tertiary/aromatic N) is 4. The first-order chi connectivity index (χ1) is 8.76. The van der Waals surface area contributed by atoms with Crippen molar-refractivity contribution in [2.45, 2.75) is 33.4 Å². The molecule has 0 amide bonds. The van der Waals surface area contributed by atoms with Crippen molar-refractivity contribution >= 4 is 0 Å². The van der Waals surface area contributed by atoms with Gasteiger partial charge < -0.3 is 5.32 Å². The Balaban J connectivity index is 2.36. The molecular formula is C13H19N5. The number of hydrogen-bond donors (Lipinski definition) is 1. The molecule has 5 heteroatoms. The van der Waals surface area contributed by atoms with Crippen LogP contribution in [0.15, 0.2) is 24.7 Å². The first kappa shape index (κ1) is 12.7. The molecule has 96 valence electrons. The Morgan fingerprint density at radius 2 is 2.00 bits per heavy atom. The minimum absolute atomic E-state index is 0.00181. The fraction of sp³-hybridized carbons (Fsp3) is 0.462. The van der Waals surface area contributed by atoms with E-state index >= 15 is 0 Å². The van der Waals surface area contributed by atoms with Gasteiger partial charge in [0.05, 0.1) is 5.69 Å². The van der Waals surface area contributed by atoms with Crippen LogP contribution >= 0.6 is 0 Å². The van der Waals surface area contributed by atoms with Crippen LogP contribution in [0, 0.1) is 6.92 Å². The first-order valence-corrected chi connectivity index (χ1v) is 6.29. The van der Waals surface area contributed by atoms with Gasteiger partial charge in [0, 0.05) is 25.1 Å². The second-order valence-electron chi connectivity index (χ2n) is 4.18. The molecule has 2 rings (SSSR count). The molecule has 0 radical (unpaired) electrons. The quantitative estimate of drug-likeness (QED) is 0.871. The van der Waals surface area contributed by atoms with E-state index < -0.39 is 0 Å². The second-order valence-corrected chi connectivity index (χ2v) is 4.18. The van der Waals surface area contributed by atoms with E-state index in [1.54, 1.807) is 0 Å². The highest BCUT2D eigenvalue weighted by Crippen LogP contribution is 2.18. The molecule has 0 aliphatic rings. The van der Waals surface area contributed by atoms with Gasteiger partial charge in [0.15, 0.2) is 5.82 Å². The monoisotopic (exact) mass is 245 g/mol. The number of nitrogens with one attached hydrogen (secondary N) is 1. The van der Waals surface area contributed by atoms with Gasteiger partial charge in [0.2, 0.25) is 0 Å². The highest BCUT2D eigenvalue weighted by Gasteiger charge is 2.19. The Morgan fingerprint density at radius 3 is 2.61 bits per heavy atom. The molecule has 0 aliphatic carbocycles. The zero-order chi connectivity index (χ0) is 13.0. The van der Waals surface area contributed by atoms with E-state index in [0.717, 1.165) is 30.2 Å². The maximum Gasteiger partial charge on any atom is 0.151 e. The Bertz CT molecular complexity index is 488. The van der Waals surface area contributed by atoms with Gasteiger partial charge in [-0.05, 0) is 32.0 Å². The van der Waals surface area contributed by atoms with Crippen molar-refractivity contribution in [3.8, 4) is 0 Å². The average Bonchev–Trinajstić information content (AvgIpc) is 2.85. The minimum atomic E-state index is -0.00181. The lowest BCUT2D eigenvalue weighted by Gasteiger charge is -2.17. The van der Waals surface area contributed by atoms with Crippen molar-refractivity contribution < 1.29 is 0 Å². The number of aryl methyl sites for hydroxylation is 2. The number of rotatable bonds is 5. The second kappa shape index (κ2) is 5.73. The Morgan fingerprint density at radius 1 is 1.28 bits per heavy atom.